The lowest BCUT2D eigenvalue weighted by Crippen LogP contribution is -2.46. The zero-order chi connectivity index (χ0) is 12.7. The summed E-state index contributed by atoms with van der Waals surface area (Å²) in [6, 6.07) is 0. The van der Waals surface area contributed by atoms with Crippen LogP contribution in [0.2, 0.25) is 0 Å². The number of aromatic amines is 2. The molecule has 5 N–H and O–H groups in total. The van der Waals surface area contributed by atoms with Crippen molar-refractivity contribution in [3.8, 4) is 0 Å². The number of nitrogens with one attached hydrogen (secondary N) is 2. The molecule has 1 aromatic rings. The Balaban J connectivity index is 0.000000315. The van der Waals surface area contributed by atoms with Crippen LogP contribution < -0.4 is 10.1 Å². The van der Waals surface area contributed by atoms with E-state index in [1.165, 1.54) is 0 Å². The molecular weight excluding hydrogens is 220 g/mol. The SMILES string of the molecule is Cc1[nH]cc[nH+]1.O=C([O-])[C@H](O)[C@@H](O)C(=O)O. The molecule has 90 valence electrons. The van der Waals surface area contributed by atoms with Crippen molar-refractivity contribution in [3.05, 3.63) is 18.2 Å². The number of carbonyl (C=O) groups excluding carboxylic acids is 1. The van der Waals surface area contributed by atoms with E-state index in [0.29, 0.717) is 0 Å². The molecule has 0 aliphatic heterocycles. The number of aryl methyl sites for hydroxylation is 1. The van der Waals surface area contributed by atoms with E-state index >= 15 is 0 Å². The van der Waals surface area contributed by atoms with E-state index in [2.05, 4.69) is 9.97 Å². The number of H-pyrrole nitrogens is 2. The highest BCUT2D eigenvalue weighted by atomic mass is 16.4. The van der Waals surface area contributed by atoms with Gasteiger partial charge in [0.1, 0.15) is 18.5 Å². The zero-order valence-electron chi connectivity index (χ0n) is 8.38. The molecule has 0 fully saturated rings. The van der Waals surface area contributed by atoms with Crippen molar-refractivity contribution in [3.63, 3.8) is 0 Å². The molecule has 0 unspecified atom stereocenters. The number of carboxylic acids is 2. The average Bonchev–Trinajstić information content (AvgIpc) is 2.67. The quantitative estimate of drug-likeness (QED) is 0.428. The highest BCUT2D eigenvalue weighted by molar-refractivity contribution is 5.81. The first-order valence-electron chi connectivity index (χ1n) is 4.17. The number of hydrogen-bond donors (Lipinski definition) is 4. The Morgan fingerprint density at radius 3 is 2.12 bits per heavy atom. The summed E-state index contributed by atoms with van der Waals surface area (Å²) in [4.78, 5) is 25.3. The fourth-order valence-corrected chi connectivity index (χ4v) is 0.639. The standard InChI is InChI=1S/C4H6N2.C4H6O6/c1-4-5-2-3-6-4;5-1(3(7)8)2(6)4(9)10/h2-3H,1H3,(H,5,6);1-2,5-6H,(H,7,8)(H,9,10)/t;1-,2-/m.1/s1. The van der Waals surface area contributed by atoms with E-state index in [-0.39, 0.29) is 0 Å². The molecule has 1 heterocycles. The normalized spacial score (nSPS) is 13.2. The zero-order valence-corrected chi connectivity index (χ0v) is 8.38. The first-order valence-corrected chi connectivity index (χ1v) is 4.17. The second-order valence-electron chi connectivity index (χ2n) is 2.79. The predicted molar refractivity (Wildman–Crippen MR) is 46.7 cm³/mol. The molecule has 0 aromatic carbocycles. The number of carboxylic acid groups (broad SMARTS) is 2. The molecule has 8 nitrogen and oxygen atoms in total. The van der Waals surface area contributed by atoms with Crippen LogP contribution >= 0.6 is 0 Å². The van der Waals surface area contributed by atoms with Gasteiger partial charge in [-0.3, -0.25) is 0 Å². The predicted octanol–water partition coefficient (Wildman–Crippen LogP) is -3.32. The van der Waals surface area contributed by atoms with Crippen LogP contribution in [-0.4, -0.2) is 44.5 Å². The molecule has 2 atom stereocenters. The summed E-state index contributed by atoms with van der Waals surface area (Å²) in [6.45, 7) is 1.97. The molecular formula is C8H12N2O6. The van der Waals surface area contributed by atoms with Gasteiger partial charge in [0, 0.05) is 6.92 Å². The van der Waals surface area contributed by atoms with Crippen LogP contribution in [0.5, 0.6) is 0 Å². The van der Waals surface area contributed by atoms with Gasteiger partial charge in [0.2, 0.25) is 5.82 Å². The van der Waals surface area contributed by atoms with Gasteiger partial charge < -0.3 is 25.2 Å². The van der Waals surface area contributed by atoms with Crippen molar-refractivity contribution in [1.82, 2.24) is 4.98 Å². The lowest BCUT2D eigenvalue weighted by molar-refractivity contribution is -0.385. The summed E-state index contributed by atoms with van der Waals surface area (Å²) in [5, 5.41) is 34.1. The average molecular weight is 232 g/mol. The molecule has 0 saturated carbocycles. The fourth-order valence-electron chi connectivity index (χ4n) is 0.639. The van der Waals surface area contributed by atoms with Crippen molar-refractivity contribution in [2.45, 2.75) is 19.1 Å². The van der Waals surface area contributed by atoms with E-state index in [1.54, 1.807) is 0 Å². The van der Waals surface area contributed by atoms with E-state index in [1.807, 2.05) is 19.3 Å². The number of imidazole rings is 1. The third-order valence-electron chi connectivity index (χ3n) is 1.48. The van der Waals surface area contributed by atoms with Crippen LogP contribution in [0.25, 0.3) is 0 Å². The van der Waals surface area contributed by atoms with E-state index in [0.717, 1.165) is 5.82 Å². The third-order valence-corrected chi connectivity index (χ3v) is 1.48. The Labute approximate surface area is 90.2 Å². The Bertz CT molecular complexity index is 318. The fraction of sp³-hybridized carbons (Fsp3) is 0.375. The minimum Gasteiger partial charge on any atom is -0.547 e. The molecule has 0 aliphatic carbocycles. The Morgan fingerprint density at radius 2 is 2.00 bits per heavy atom. The van der Waals surface area contributed by atoms with Crippen molar-refractivity contribution in [1.29, 1.82) is 0 Å². The van der Waals surface area contributed by atoms with Crippen LogP contribution in [0, 0.1) is 6.92 Å². The van der Waals surface area contributed by atoms with Crippen LogP contribution in [0.3, 0.4) is 0 Å². The molecule has 8 heteroatoms. The first-order chi connectivity index (χ1) is 7.36. The number of carbonyl (C=O) groups is 2. The molecule has 0 saturated heterocycles. The highest BCUT2D eigenvalue weighted by Gasteiger charge is 2.23. The second kappa shape index (κ2) is 6.53. The summed E-state index contributed by atoms with van der Waals surface area (Å²) < 4.78 is 0. The van der Waals surface area contributed by atoms with Crippen molar-refractivity contribution in [2.24, 2.45) is 0 Å². The van der Waals surface area contributed by atoms with Crippen LogP contribution in [0.4, 0.5) is 0 Å². The van der Waals surface area contributed by atoms with Crippen LogP contribution in [0.15, 0.2) is 12.4 Å². The molecule has 0 amide bonds. The van der Waals surface area contributed by atoms with Crippen molar-refractivity contribution < 1.29 is 35.0 Å². The maximum Gasteiger partial charge on any atom is 0.335 e. The maximum absolute atomic E-state index is 9.74. The smallest absolute Gasteiger partial charge is 0.335 e. The van der Waals surface area contributed by atoms with Crippen LogP contribution in [-0.2, 0) is 9.59 Å². The largest absolute Gasteiger partial charge is 0.547 e. The third kappa shape index (κ3) is 5.08. The maximum atomic E-state index is 9.74. The molecule has 0 radical (unpaired) electrons. The van der Waals surface area contributed by atoms with Crippen molar-refractivity contribution in [2.75, 3.05) is 0 Å². The Hall–Kier alpha value is -1.93. The minimum absolute atomic E-state index is 1.09. The van der Waals surface area contributed by atoms with Crippen LogP contribution in [0.1, 0.15) is 5.82 Å². The van der Waals surface area contributed by atoms with Gasteiger partial charge in [0.05, 0.1) is 5.97 Å². The number of rotatable bonds is 3. The molecule has 0 bridgehead atoms. The Morgan fingerprint density at radius 1 is 1.44 bits per heavy atom. The minimum atomic E-state index is -2.38. The monoisotopic (exact) mass is 232 g/mol. The number of hydrogen-bond acceptors (Lipinski definition) is 5. The van der Waals surface area contributed by atoms with Gasteiger partial charge in [-0.15, -0.1) is 0 Å². The van der Waals surface area contributed by atoms with E-state index < -0.39 is 24.1 Å². The topological polar surface area (TPSA) is 148 Å². The Kier molecular flexibility index (Phi) is 5.75. The lowest BCUT2D eigenvalue weighted by atomic mass is 10.2. The number of aliphatic carboxylic acids is 2. The van der Waals surface area contributed by atoms with E-state index in [4.69, 9.17) is 15.3 Å². The van der Waals surface area contributed by atoms with Crippen molar-refractivity contribution >= 4 is 11.9 Å². The van der Waals surface area contributed by atoms with Gasteiger partial charge >= 0.3 is 5.97 Å². The molecule has 1 rings (SSSR count). The number of aromatic nitrogens is 2. The van der Waals surface area contributed by atoms with Gasteiger partial charge in [-0.2, -0.15) is 0 Å². The summed E-state index contributed by atoms with van der Waals surface area (Å²) in [7, 11) is 0. The van der Waals surface area contributed by atoms with E-state index in [9.17, 15) is 14.7 Å². The molecule has 0 spiro atoms. The molecule has 0 aliphatic rings. The van der Waals surface area contributed by atoms with Gasteiger partial charge in [0.15, 0.2) is 6.10 Å². The van der Waals surface area contributed by atoms with Gasteiger partial charge in [-0.1, -0.05) is 0 Å². The molecule has 16 heavy (non-hydrogen) atoms. The highest BCUT2D eigenvalue weighted by Crippen LogP contribution is 1.90. The van der Waals surface area contributed by atoms with Gasteiger partial charge in [-0.25, -0.2) is 14.8 Å². The van der Waals surface area contributed by atoms with Gasteiger partial charge in [0.25, 0.3) is 0 Å². The lowest BCUT2D eigenvalue weighted by Gasteiger charge is -2.13. The summed E-state index contributed by atoms with van der Waals surface area (Å²) in [5.74, 6) is -2.73. The summed E-state index contributed by atoms with van der Waals surface area (Å²) in [6.07, 6.45) is -0.993. The summed E-state index contributed by atoms with van der Waals surface area (Å²) in [5.41, 5.74) is 0. The molecule has 1 aromatic heterocycles. The first kappa shape index (κ1) is 14.1. The number of aliphatic hydroxyl groups is 2. The summed E-state index contributed by atoms with van der Waals surface area (Å²) >= 11 is 0. The number of aliphatic hydroxyl groups excluding tert-OH is 2. The van der Waals surface area contributed by atoms with Gasteiger partial charge in [-0.05, 0) is 0 Å². The second-order valence-corrected chi connectivity index (χ2v) is 2.79.